The number of aromatic nitrogens is 8. The molecular weight excluding hydrogens is 266 g/mol. The molecule has 3 N–H and O–H groups in total. The van der Waals surface area contributed by atoms with E-state index in [0.717, 1.165) is 5.82 Å². The topological polar surface area (TPSA) is 124 Å². The van der Waals surface area contributed by atoms with Crippen LogP contribution in [0.25, 0.3) is 5.95 Å². The number of hydrogen-bond acceptors (Lipinski definition) is 8. The van der Waals surface area contributed by atoms with Gasteiger partial charge in [-0.1, -0.05) is 0 Å². The van der Waals surface area contributed by atoms with E-state index >= 15 is 0 Å². The van der Waals surface area contributed by atoms with Gasteiger partial charge in [0.1, 0.15) is 12.2 Å². The van der Waals surface area contributed by atoms with E-state index in [1.165, 1.54) is 11.8 Å². The lowest BCUT2D eigenvalue weighted by Gasteiger charge is -2.02. The summed E-state index contributed by atoms with van der Waals surface area (Å²) in [7, 11) is 0. The first kappa shape index (κ1) is 11.6. The zero-order valence-corrected chi connectivity index (χ0v) is 10.7. The number of aryl methyl sites for hydroxylation is 1. The minimum atomic E-state index is 0.133. The first-order chi connectivity index (χ1) is 9.20. The Labute approximate surface area is 111 Å². The number of aromatic amines is 1. The summed E-state index contributed by atoms with van der Waals surface area (Å²) in [6.07, 6.45) is 4.94. The van der Waals surface area contributed by atoms with E-state index in [-0.39, 0.29) is 5.95 Å². The van der Waals surface area contributed by atoms with Gasteiger partial charge in [0.05, 0.1) is 0 Å². The molecule has 0 atom stereocenters. The van der Waals surface area contributed by atoms with Gasteiger partial charge in [0.15, 0.2) is 0 Å². The summed E-state index contributed by atoms with van der Waals surface area (Å²) in [4.78, 5) is 20.4. The van der Waals surface area contributed by atoms with Gasteiger partial charge in [0.2, 0.25) is 22.2 Å². The Hall–Kier alpha value is -2.49. The van der Waals surface area contributed by atoms with Crippen LogP contribution in [0.2, 0.25) is 0 Å². The summed E-state index contributed by atoms with van der Waals surface area (Å²) in [6, 6.07) is 0. The maximum atomic E-state index is 5.67. The minimum Gasteiger partial charge on any atom is -0.368 e. The summed E-state index contributed by atoms with van der Waals surface area (Å²) >= 11 is 1.20. The SMILES string of the molecule is Cc1nc(Sc2nc(N)nc(-n3ccnc3)n2)n[nH]1. The molecule has 0 aromatic carbocycles. The van der Waals surface area contributed by atoms with Gasteiger partial charge in [-0.2, -0.15) is 15.0 Å². The van der Waals surface area contributed by atoms with Crippen LogP contribution in [-0.2, 0) is 0 Å². The second kappa shape index (κ2) is 4.65. The van der Waals surface area contributed by atoms with Crippen LogP contribution in [-0.4, -0.2) is 39.7 Å². The van der Waals surface area contributed by atoms with E-state index in [2.05, 4.69) is 35.1 Å². The number of rotatable bonds is 3. The van der Waals surface area contributed by atoms with Crippen molar-refractivity contribution in [1.29, 1.82) is 0 Å². The molecule has 0 unspecified atom stereocenters. The third-order valence-electron chi connectivity index (χ3n) is 2.12. The Kier molecular flexibility index (Phi) is 2.83. The Bertz CT molecular complexity index is 690. The standard InChI is InChI=1S/C9H9N9S/c1-5-12-9(17-16-5)19-8-14-6(10)13-7(15-8)18-3-2-11-4-18/h2-4H,1H3,(H,12,16,17)(H2,10,13,14,15). The number of H-pyrrole nitrogens is 1. The highest BCUT2D eigenvalue weighted by Crippen LogP contribution is 2.21. The van der Waals surface area contributed by atoms with E-state index in [0.29, 0.717) is 16.3 Å². The number of nitrogens with one attached hydrogen (secondary N) is 1. The van der Waals surface area contributed by atoms with Crippen LogP contribution in [0.4, 0.5) is 5.95 Å². The predicted molar refractivity (Wildman–Crippen MR) is 66.6 cm³/mol. The fraction of sp³-hybridized carbons (Fsp3) is 0.111. The Balaban J connectivity index is 1.94. The zero-order valence-electron chi connectivity index (χ0n) is 9.85. The first-order valence-electron chi connectivity index (χ1n) is 5.27. The highest BCUT2D eigenvalue weighted by atomic mass is 32.2. The average Bonchev–Trinajstić information content (AvgIpc) is 3.00. The van der Waals surface area contributed by atoms with Gasteiger partial charge in [0, 0.05) is 12.4 Å². The van der Waals surface area contributed by atoms with Crippen LogP contribution < -0.4 is 5.73 Å². The van der Waals surface area contributed by atoms with E-state index < -0.39 is 0 Å². The molecule has 19 heavy (non-hydrogen) atoms. The molecular formula is C9H9N9S. The minimum absolute atomic E-state index is 0.133. The fourth-order valence-corrected chi connectivity index (χ4v) is 2.05. The number of hydrogen-bond donors (Lipinski definition) is 2. The predicted octanol–water partition coefficient (Wildman–Crippen LogP) is 0.217. The zero-order chi connectivity index (χ0) is 13.2. The Morgan fingerprint density at radius 1 is 1.21 bits per heavy atom. The fourth-order valence-electron chi connectivity index (χ4n) is 1.35. The lowest BCUT2D eigenvalue weighted by molar-refractivity contribution is 0.828. The van der Waals surface area contributed by atoms with E-state index in [9.17, 15) is 0 Å². The van der Waals surface area contributed by atoms with E-state index in [4.69, 9.17) is 5.73 Å². The van der Waals surface area contributed by atoms with Gasteiger partial charge in [-0.3, -0.25) is 9.67 Å². The molecule has 0 amide bonds. The highest BCUT2D eigenvalue weighted by molar-refractivity contribution is 7.99. The molecule has 9 nitrogen and oxygen atoms in total. The van der Waals surface area contributed by atoms with Gasteiger partial charge in [-0.15, -0.1) is 5.10 Å². The van der Waals surface area contributed by atoms with Crippen LogP contribution >= 0.6 is 11.8 Å². The molecule has 0 saturated carbocycles. The molecule has 10 heteroatoms. The molecule has 0 spiro atoms. The summed E-state index contributed by atoms with van der Waals surface area (Å²) < 4.78 is 1.64. The normalized spacial score (nSPS) is 10.8. The van der Waals surface area contributed by atoms with Crippen molar-refractivity contribution in [3.8, 4) is 5.95 Å². The molecule has 0 fully saturated rings. The second-order valence-electron chi connectivity index (χ2n) is 3.55. The van der Waals surface area contributed by atoms with Gasteiger partial charge in [-0.05, 0) is 18.7 Å². The monoisotopic (exact) mass is 275 g/mol. The molecule has 0 bridgehead atoms. The van der Waals surface area contributed by atoms with Crippen molar-refractivity contribution >= 4 is 17.7 Å². The van der Waals surface area contributed by atoms with Crippen molar-refractivity contribution in [2.75, 3.05) is 5.73 Å². The number of nitrogens with two attached hydrogens (primary N) is 1. The molecule has 3 heterocycles. The first-order valence-corrected chi connectivity index (χ1v) is 6.09. The summed E-state index contributed by atoms with van der Waals surface area (Å²) in [5.74, 6) is 1.26. The van der Waals surface area contributed by atoms with Crippen LogP contribution in [0.15, 0.2) is 29.0 Å². The maximum Gasteiger partial charge on any atom is 0.240 e. The van der Waals surface area contributed by atoms with Crippen molar-refractivity contribution in [3.63, 3.8) is 0 Å². The van der Waals surface area contributed by atoms with Crippen molar-refractivity contribution in [2.45, 2.75) is 17.2 Å². The third-order valence-corrected chi connectivity index (χ3v) is 2.85. The lowest BCUT2D eigenvalue weighted by Crippen LogP contribution is -2.06. The van der Waals surface area contributed by atoms with E-state index in [1.807, 2.05) is 6.92 Å². The number of anilines is 1. The molecule has 96 valence electrons. The smallest absolute Gasteiger partial charge is 0.240 e. The van der Waals surface area contributed by atoms with E-state index in [1.54, 1.807) is 23.3 Å². The quantitative estimate of drug-likeness (QED) is 0.695. The van der Waals surface area contributed by atoms with Gasteiger partial charge in [0.25, 0.3) is 0 Å². The molecule has 0 aliphatic carbocycles. The van der Waals surface area contributed by atoms with Crippen LogP contribution in [0.5, 0.6) is 0 Å². The van der Waals surface area contributed by atoms with Crippen LogP contribution in [0, 0.1) is 6.92 Å². The average molecular weight is 275 g/mol. The summed E-state index contributed by atoms with van der Waals surface area (Å²) in [6.45, 7) is 1.82. The molecule has 0 aliphatic heterocycles. The van der Waals surface area contributed by atoms with Crippen molar-refractivity contribution in [3.05, 3.63) is 24.5 Å². The summed E-state index contributed by atoms with van der Waals surface area (Å²) in [5, 5.41) is 7.70. The molecule has 0 radical (unpaired) electrons. The highest BCUT2D eigenvalue weighted by Gasteiger charge is 2.10. The Morgan fingerprint density at radius 3 is 2.79 bits per heavy atom. The maximum absolute atomic E-state index is 5.67. The van der Waals surface area contributed by atoms with Crippen molar-refractivity contribution in [1.82, 2.24) is 39.7 Å². The summed E-state index contributed by atoms with van der Waals surface area (Å²) in [5.41, 5.74) is 5.67. The molecule has 3 rings (SSSR count). The molecule has 3 aromatic rings. The van der Waals surface area contributed by atoms with Crippen molar-refractivity contribution < 1.29 is 0 Å². The third kappa shape index (κ3) is 2.52. The molecule has 0 saturated heterocycles. The molecule has 3 aromatic heterocycles. The number of nitrogens with zero attached hydrogens (tertiary/aromatic N) is 7. The van der Waals surface area contributed by atoms with Gasteiger partial charge >= 0.3 is 0 Å². The Morgan fingerprint density at radius 2 is 2.11 bits per heavy atom. The largest absolute Gasteiger partial charge is 0.368 e. The van der Waals surface area contributed by atoms with Gasteiger partial charge in [-0.25, -0.2) is 9.97 Å². The molecule has 0 aliphatic rings. The van der Waals surface area contributed by atoms with Crippen LogP contribution in [0.3, 0.4) is 0 Å². The van der Waals surface area contributed by atoms with Crippen molar-refractivity contribution in [2.24, 2.45) is 0 Å². The number of imidazole rings is 1. The number of nitrogen functional groups attached to an aromatic ring is 1. The lowest BCUT2D eigenvalue weighted by atomic mass is 10.8. The van der Waals surface area contributed by atoms with Gasteiger partial charge < -0.3 is 5.73 Å². The van der Waals surface area contributed by atoms with Crippen LogP contribution in [0.1, 0.15) is 5.82 Å². The second-order valence-corrected chi connectivity index (χ2v) is 4.49.